The van der Waals surface area contributed by atoms with E-state index in [4.69, 9.17) is 16.3 Å². The summed E-state index contributed by atoms with van der Waals surface area (Å²) < 4.78 is 5.66. The topological polar surface area (TPSA) is 34.1 Å². The van der Waals surface area contributed by atoms with Crippen LogP contribution in [0.25, 0.3) is 0 Å². The van der Waals surface area contributed by atoms with E-state index < -0.39 is 0 Å². The van der Waals surface area contributed by atoms with Gasteiger partial charge in [0.1, 0.15) is 0 Å². The summed E-state index contributed by atoms with van der Waals surface area (Å²) in [6.07, 6.45) is 3.04. The van der Waals surface area contributed by atoms with Gasteiger partial charge in [-0.15, -0.1) is 0 Å². The number of pyridine rings is 1. The third kappa shape index (κ3) is 5.46. The number of nitrogens with one attached hydrogen (secondary N) is 1. The molecule has 0 aliphatic rings. The second-order valence-corrected chi connectivity index (χ2v) is 5.33. The summed E-state index contributed by atoms with van der Waals surface area (Å²) in [5.41, 5.74) is 3.12. The van der Waals surface area contributed by atoms with Crippen LogP contribution in [0.5, 0.6) is 0 Å². The molecule has 0 bridgehead atoms. The predicted molar refractivity (Wildman–Crippen MR) is 86.2 cm³/mol. The van der Waals surface area contributed by atoms with Gasteiger partial charge in [-0.3, -0.25) is 4.98 Å². The summed E-state index contributed by atoms with van der Waals surface area (Å²) in [4.78, 5) is 4.41. The number of rotatable bonds is 8. The first-order valence-corrected chi connectivity index (χ1v) is 7.63. The number of hydrogen-bond donors (Lipinski definition) is 1. The van der Waals surface area contributed by atoms with E-state index in [1.165, 1.54) is 5.56 Å². The molecule has 0 aliphatic heterocycles. The predicted octanol–water partition coefficient (Wildman–Crippen LogP) is 3.95. The molecule has 112 valence electrons. The molecule has 0 fully saturated rings. The normalized spacial score (nSPS) is 10.8. The van der Waals surface area contributed by atoms with E-state index in [0.717, 1.165) is 35.8 Å². The molecule has 21 heavy (non-hydrogen) atoms. The fraction of sp³-hybridized carbons (Fsp3) is 0.353. The Bertz CT molecular complexity index is 543. The van der Waals surface area contributed by atoms with Gasteiger partial charge in [-0.2, -0.15) is 0 Å². The van der Waals surface area contributed by atoms with Gasteiger partial charge in [-0.05, 0) is 36.2 Å². The summed E-state index contributed by atoms with van der Waals surface area (Å²) in [5.74, 6) is 0. The van der Waals surface area contributed by atoms with Crippen molar-refractivity contribution in [2.45, 2.75) is 33.1 Å². The Balaban J connectivity index is 1.77. The maximum atomic E-state index is 6.08. The van der Waals surface area contributed by atoms with Crippen molar-refractivity contribution in [2.24, 2.45) is 0 Å². The standard InChI is InChI=1S/C17H21ClN2O/c1-2-9-19-10-14-7-8-16(20-11-14)13-21-12-15-5-3-4-6-17(15)18/h3-8,11,19H,2,9-10,12-13H2,1H3. The molecule has 3 nitrogen and oxygen atoms in total. The quantitative estimate of drug-likeness (QED) is 0.750. The SMILES string of the molecule is CCCNCc1ccc(COCc2ccccc2Cl)nc1. The third-order valence-corrected chi connectivity index (χ3v) is 3.48. The summed E-state index contributed by atoms with van der Waals surface area (Å²) in [7, 11) is 0. The van der Waals surface area contributed by atoms with Gasteiger partial charge >= 0.3 is 0 Å². The Morgan fingerprint density at radius 2 is 2.00 bits per heavy atom. The number of halogens is 1. The fourth-order valence-corrected chi connectivity index (χ4v) is 2.13. The van der Waals surface area contributed by atoms with Crippen molar-refractivity contribution < 1.29 is 4.74 Å². The minimum absolute atomic E-state index is 0.494. The molecule has 0 radical (unpaired) electrons. The van der Waals surface area contributed by atoms with Crippen molar-refractivity contribution in [1.29, 1.82) is 0 Å². The van der Waals surface area contributed by atoms with Crippen LogP contribution in [-0.4, -0.2) is 11.5 Å². The highest BCUT2D eigenvalue weighted by atomic mass is 35.5. The molecule has 0 aliphatic carbocycles. The highest BCUT2D eigenvalue weighted by Crippen LogP contribution is 2.16. The molecular weight excluding hydrogens is 284 g/mol. The Morgan fingerprint density at radius 1 is 1.14 bits per heavy atom. The van der Waals surface area contributed by atoms with Gasteiger partial charge < -0.3 is 10.1 Å². The molecule has 4 heteroatoms. The summed E-state index contributed by atoms with van der Waals surface area (Å²) >= 11 is 6.08. The number of hydrogen-bond acceptors (Lipinski definition) is 3. The first kappa shape index (κ1) is 16.0. The van der Waals surface area contributed by atoms with Crippen LogP contribution in [0.2, 0.25) is 5.02 Å². The highest BCUT2D eigenvalue weighted by Gasteiger charge is 2.01. The van der Waals surface area contributed by atoms with Crippen LogP contribution in [0.3, 0.4) is 0 Å². The van der Waals surface area contributed by atoms with Gasteiger partial charge in [0.2, 0.25) is 0 Å². The van der Waals surface area contributed by atoms with Crippen molar-refractivity contribution in [3.8, 4) is 0 Å². The van der Waals surface area contributed by atoms with Crippen LogP contribution in [0.4, 0.5) is 0 Å². The van der Waals surface area contributed by atoms with Crippen LogP contribution in [0, 0.1) is 0 Å². The smallest absolute Gasteiger partial charge is 0.0892 e. The molecular formula is C17H21ClN2O. The van der Waals surface area contributed by atoms with Gasteiger partial charge in [0.15, 0.2) is 0 Å². The maximum absolute atomic E-state index is 6.08. The summed E-state index contributed by atoms with van der Waals surface area (Å²) in [5, 5.41) is 4.09. The van der Waals surface area contributed by atoms with E-state index in [1.807, 2.05) is 36.5 Å². The van der Waals surface area contributed by atoms with Crippen LogP contribution in [-0.2, 0) is 24.5 Å². The molecule has 0 unspecified atom stereocenters. The summed E-state index contributed by atoms with van der Waals surface area (Å²) in [6.45, 7) is 5.05. The zero-order chi connectivity index (χ0) is 14.9. The Hall–Kier alpha value is -1.42. The van der Waals surface area contributed by atoms with Gasteiger partial charge in [0.25, 0.3) is 0 Å². The van der Waals surface area contributed by atoms with Gasteiger partial charge in [0.05, 0.1) is 18.9 Å². The largest absolute Gasteiger partial charge is 0.370 e. The second kappa shape index (κ2) is 8.78. The van der Waals surface area contributed by atoms with Crippen molar-refractivity contribution >= 4 is 11.6 Å². The van der Waals surface area contributed by atoms with E-state index in [-0.39, 0.29) is 0 Å². The van der Waals surface area contributed by atoms with Crippen molar-refractivity contribution in [3.05, 3.63) is 64.4 Å². The summed E-state index contributed by atoms with van der Waals surface area (Å²) in [6, 6.07) is 11.8. The molecule has 1 N–H and O–H groups in total. The van der Waals surface area contributed by atoms with E-state index >= 15 is 0 Å². The molecule has 2 aromatic rings. The van der Waals surface area contributed by atoms with Crippen molar-refractivity contribution in [3.63, 3.8) is 0 Å². The minimum atomic E-state index is 0.494. The van der Waals surface area contributed by atoms with Gasteiger partial charge in [-0.25, -0.2) is 0 Å². The lowest BCUT2D eigenvalue weighted by molar-refractivity contribution is 0.104. The number of aromatic nitrogens is 1. The first-order valence-electron chi connectivity index (χ1n) is 7.25. The highest BCUT2D eigenvalue weighted by molar-refractivity contribution is 6.31. The number of benzene rings is 1. The molecule has 2 rings (SSSR count). The molecule has 1 heterocycles. The van der Waals surface area contributed by atoms with Crippen LogP contribution >= 0.6 is 11.6 Å². The number of nitrogens with zero attached hydrogens (tertiary/aromatic N) is 1. The monoisotopic (exact) mass is 304 g/mol. The van der Waals surface area contributed by atoms with Gasteiger partial charge in [0, 0.05) is 17.8 Å². The average Bonchev–Trinajstić information content (AvgIpc) is 2.51. The van der Waals surface area contributed by atoms with Crippen LogP contribution in [0.1, 0.15) is 30.2 Å². The van der Waals surface area contributed by atoms with Crippen LogP contribution < -0.4 is 5.32 Å². The van der Waals surface area contributed by atoms with Crippen molar-refractivity contribution in [2.75, 3.05) is 6.54 Å². The van der Waals surface area contributed by atoms with E-state index in [2.05, 4.69) is 23.3 Å². The lowest BCUT2D eigenvalue weighted by Gasteiger charge is -2.07. The Labute approximate surface area is 131 Å². The minimum Gasteiger partial charge on any atom is -0.370 e. The lowest BCUT2D eigenvalue weighted by atomic mass is 10.2. The zero-order valence-electron chi connectivity index (χ0n) is 12.3. The maximum Gasteiger partial charge on any atom is 0.0892 e. The average molecular weight is 305 g/mol. The van der Waals surface area contributed by atoms with E-state index in [1.54, 1.807) is 0 Å². The molecule has 0 atom stereocenters. The molecule has 0 saturated carbocycles. The van der Waals surface area contributed by atoms with Crippen molar-refractivity contribution in [1.82, 2.24) is 10.3 Å². The zero-order valence-corrected chi connectivity index (χ0v) is 13.1. The van der Waals surface area contributed by atoms with Crippen LogP contribution in [0.15, 0.2) is 42.6 Å². The Kier molecular flexibility index (Phi) is 6.67. The molecule has 0 spiro atoms. The first-order chi connectivity index (χ1) is 10.3. The van der Waals surface area contributed by atoms with Gasteiger partial charge in [-0.1, -0.05) is 42.8 Å². The molecule has 0 amide bonds. The third-order valence-electron chi connectivity index (χ3n) is 3.11. The lowest BCUT2D eigenvalue weighted by Crippen LogP contribution is -2.14. The second-order valence-electron chi connectivity index (χ2n) is 4.92. The molecule has 1 aromatic carbocycles. The number of ether oxygens (including phenoxy) is 1. The molecule has 1 aromatic heterocycles. The molecule has 0 saturated heterocycles. The van der Waals surface area contributed by atoms with E-state index in [0.29, 0.717) is 13.2 Å². The Morgan fingerprint density at radius 3 is 2.71 bits per heavy atom. The fourth-order valence-electron chi connectivity index (χ4n) is 1.94. The van der Waals surface area contributed by atoms with E-state index in [9.17, 15) is 0 Å².